The smallest absolute Gasteiger partial charge is 0.294 e. The van der Waals surface area contributed by atoms with Crippen LogP contribution in [0.1, 0.15) is 51.9 Å². The third kappa shape index (κ3) is 3.04. The Labute approximate surface area is 101 Å². The van der Waals surface area contributed by atoms with Gasteiger partial charge >= 0.3 is 10.1 Å². The molecule has 0 aromatic heterocycles. The van der Waals surface area contributed by atoms with E-state index in [9.17, 15) is 17.6 Å². The highest BCUT2D eigenvalue weighted by atomic mass is 32.2. The molecule has 4 nitrogen and oxygen atoms in total. The highest BCUT2D eigenvalue weighted by Crippen LogP contribution is 2.34. The van der Waals surface area contributed by atoms with E-state index in [1.54, 1.807) is 6.92 Å². The molecule has 1 aliphatic carbocycles. The van der Waals surface area contributed by atoms with E-state index in [2.05, 4.69) is 0 Å². The number of halogens is 1. The number of carbonyl (C=O) groups is 1. The van der Waals surface area contributed by atoms with Crippen molar-refractivity contribution in [1.82, 2.24) is 0 Å². The summed E-state index contributed by atoms with van der Waals surface area (Å²) in [5.74, 6) is -1.52. The van der Waals surface area contributed by atoms with Crippen molar-refractivity contribution in [2.24, 2.45) is 5.92 Å². The molecule has 0 amide bonds. The lowest BCUT2D eigenvalue weighted by Gasteiger charge is -2.27. The maximum Gasteiger partial charge on any atom is 0.307 e. The lowest BCUT2D eigenvalue weighted by molar-refractivity contribution is -0.131. The molecule has 1 rings (SSSR count). The van der Waals surface area contributed by atoms with Crippen LogP contribution in [-0.4, -0.2) is 23.8 Å². The van der Waals surface area contributed by atoms with Crippen molar-refractivity contribution in [3.05, 3.63) is 0 Å². The zero-order chi connectivity index (χ0) is 13.1. The van der Waals surface area contributed by atoms with Gasteiger partial charge in [0.2, 0.25) is 0 Å². The Morgan fingerprint density at radius 3 is 2.29 bits per heavy atom. The van der Waals surface area contributed by atoms with Gasteiger partial charge in [0.15, 0.2) is 5.78 Å². The van der Waals surface area contributed by atoms with Gasteiger partial charge in [-0.15, -0.1) is 0 Å². The molecular formula is C11H19FO4S. The molecule has 1 fully saturated rings. The Morgan fingerprint density at radius 2 is 1.88 bits per heavy atom. The van der Waals surface area contributed by atoms with E-state index < -0.39 is 33.2 Å². The number of carbonyl (C=O) groups excluding carboxylic acids is 1. The summed E-state index contributed by atoms with van der Waals surface area (Å²) in [5, 5.41) is -3.11. The highest BCUT2D eigenvalue weighted by Gasteiger charge is 2.52. The van der Waals surface area contributed by atoms with Crippen LogP contribution in [0.5, 0.6) is 0 Å². The maximum atomic E-state index is 14.3. The Kier molecular flexibility index (Phi) is 4.66. The first-order chi connectivity index (χ1) is 7.83. The van der Waals surface area contributed by atoms with E-state index in [1.165, 1.54) is 0 Å². The van der Waals surface area contributed by atoms with Crippen LogP contribution < -0.4 is 0 Å². The number of hydrogen-bond acceptors (Lipinski definition) is 3. The number of alkyl halides is 1. The minimum absolute atomic E-state index is 0.189. The van der Waals surface area contributed by atoms with Gasteiger partial charge in [-0.2, -0.15) is 8.42 Å². The lowest BCUT2D eigenvalue weighted by atomic mass is 9.84. The van der Waals surface area contributed by atoms with Gasteiger partial charge in [0.1, 0.15) is 0 Å². The van der Waals surface area contributed by atoms with Crippen molar-refractivity contribution in [1.29, 1.82) is 0 Å². The molecule has 1 atom stereocenters. The molecule has 0 bridgehead atoms. The van der Waals surface area contributed by atoms with E-state index in [-0.39, 0.29) is 6.42 Å². The molecule has 0 spiro atoms. The SMILES string of the molecule is CCCC(F)(C(=O)C1CCCCC1)S(=O)(=O)O. The van der Waals surface area contributed by atoms with Gasteiger partial charge in [0.25, 0.3) is 5.00 Å². The molecule has 1 N–H and O–H groups in total. The van der Waals surface area contributed by atoms with Crippen molar-refractivity contribution in [3.8, 4) is 0 Å². The minimum Gasteiger partial charge on any atom is -0.294 e. The van der Waals surface area contributed by atoms with Crippen LogP contribution in [-0.2, 0) is 14.9 Å². The van der Waals surface area contributed by atoms with Gasteiger partial charge in [0, 0.05) is 12.3 Å². The van der Waals surface area contributed by atoms with Crippen LogP contribution in [0.2, 0.25) is 0 Å². The molecule has 0 aliphatic heterocycles. The maximum absolute atomic E-state index is 14.3. The second-order valence-electron chi connectivity index (χ2n) is 4.65. The normalized spacial score (nSPS) is 22.1. The van der Waals surface area contributed by atoms with Gasteiger partial charge in [-0.3, -0.25) is 9.35 Å². The average Bonchev–Trinajstić information content (AvgIpc) is 2.28. The van der Waals surface area contributed by atoms with E-state index >= 15 is 0 Å². The second-order valence-corrected chi connectivity index (χ2v) is 6.25. The van der Waals surface area contributed by atoms with E-state index in [0.29, 0.717) is 12.8 Å². The molecule has 1 saturated carbocycles. The number of rotatable bonds is 5. The van der Waals surface area contributed by atoms with Crippen LogP contribution in [0.3, 0.4) is 0 Å². The summed E-state index contributed by atoms with van der Waals surface area (Å²) in [6.45, 7) is 1.58. The largest absolute Gasteiger partial charge is 0.307 e. The van der Waals surface area contributed by atoms with Gasteiger partial charge in [0.05, 0.1) is 0 Å². The standard InChI is InChI=1S/C11H19FO4S/c1-2-8-11(12,17(14,15)16)10(13)9-6-4-3-5-7-9/h9H,2-8H2,1H3,(H,14,15,16). The summed E-state index contributed by atoms with van der Waals surface area (Å²) in [5.41, 5.74) is 0. The molecule has 100 valence electrons. The first-order valence-electron chi connectivity index (χ1n) is 6.03. The van der Waals surface area contributed by atoms with Gasteiger partial charge in [-0.05, 0) is 12.8 Å². The van der Waals surface area contributed by atoms with Crippen LogP contribution in [0.25, 0.3) is 0 Å². The van der Waals surface area contributed by atoms with Crippen LogP contribution >= 0.6 is 0 Å². The Balaban J connectivity index is 2.94. The Bertz CT molecular complexity index is 373. The predicted molar refractivity (Wildman–Crippen MR) is 61.9 cm³/mol. The fraction of sp³-hybridized carbons (Fsp3) is 0.909. The Morgan fingerprint density at radius 1 is 1.35 bits per heavy atom. The molecule has 17 heavy (non-hydrogen) atoms. The first-order valence-corrected chi connectivity index (χ1v) is 7.47. The number of ketones is 1. The molecule has 0 aromatic rings. The summed E-state index contributed by atoms with van der Waals surface area (Å²) >= 11 is 0. The number of Topliss-reactive ketones (excluding diaryl/α,β-unsaturated/α-hetero) is 1. The van der Waals surface area contributed by atoms with E-state index in [0.717, 1.165) is 19.3 Å². The van der Waals surface area contributed by atoms with Crippen molar-refractivity contribution in [3.63, 3.8) is 0 Å². The molecule has 1 unspecified atom stereocenters. The molecule has 1 aliphatic rings. The summed E-state index contributed by atoms with van der Waals surface area (Å²) in [6, 6.07) is 0. The fourth-order valence-electron chi connectivity index (χ4n) is 2.37. The van der Waals surface area contributed by atoms with Crippen LogP contribution in [0, 0.1) is 5.92 Å². The van der Waals surface area contributed by atoms with Crippen molar-refractivity contribution in [2.75, 3.05) is 0 Å². The summed E-state index contributed by atoms with van der Waals surface area (Å²) in [6.07, 6.45) is 3.36. The van der Waals surface area contributed by atoms with Crippen LogP contribution in [0.15, 0.2) is 0 Å². The van der Waals surface area contributed by atoms with E-state index in [1.807, 2.05) is 0 Å². The van der Waals surface area contributed by atoms with Gasteiger partial charge < -0.3 is 0 Å². The number of hydrogen-bond donors (Lipinski definition) is 1. The van der Waals surface area contributed by atoms with Gasteiger partial charge in [-0.25, -0.2) is 4.39 Å². The fourth-order valence-corrected chi connectivity index (χ4v) is 3.25. The quantitative estimate of drug-likeness (QED) is 0.776. The summed E-state index contributed by atoms with van der Waals surface area (Å²) in [4.78, 5) is 11.9. The highest BCUT2D eigenvalue weighted by molar-refractivity contribution is 7.87. The predicted octanol–water partition coefficient (Wildman–Crippen LogP) is 2.49. The monoisotopic (exact) mass is 266 g/mol. The van der Waals surface area contributed by atoms with Crippen molar-refractivity contribution >= 4 is 15.9 Å². The van der Waals surface area contributed by atoms with Crippen molar-refractivity contribution < 1.29 is 22.2 Å². The second kappa shape index (κ2) is 5.44. The first kappa shape index (κ1) is 14.6. The third-order valence-corrected chi connectivity index (χ3v) is 4.55. The lowest BCUT2D eigenvalue weighted by Crippen LogP contribution is -2.45. The zero-order valence-corrected chi connectivity index (χ0v) is 10.8. The molecule has 0 heterocycles. The van der Waals surface area contributed by atoms with Crippen LogP contribution in [0.4, 0.5) is 4.39 Å². The Hall–Kier alpha value is -0.490. The third-order valence-electron chi connectivity index (χ3n) is 3.32. The average molecular weight is 266 g/mol. The van der Waals surface area contributed by atoms with Gasteiger partial charge in [-0.1, -0.05) is 32.6 Å². The van der Waals surface area contributed by atoms with E-state index in [4.69, 9.17) is 4.55 Å². The minimum atomic E-state index is -4.99. The molecule has 0 aromatic carbocycles. The molecule has 0 radical (unpaired) electrons. The summed E-state index contributed by atoms with van der Waals surface area (Å²) < 4.78 is 45.4. The zero-order valence-electron chi connectivity index (χ0n) is 9.99. The summed E-state index contributed by atoms with van der Waals surface area (Å²) in [7, 11) is -4.99. The molecule has 6 heteroatoms. The van der Waals surface area contributed by atoms with Crippen molar-refractivity contribution in [2.45, 2.75) is 56.9 Å². The topological polar surface area (TPSA) is 71.4 Å². The molecular weight excluding hydrogens is 247 g/mol. The molecule has 0 saturated heterocycles.